The number of thiocarbonyl (C=S) groups is 1. The Morgan fingerprint density at radius 2 is 1.92 bits per heavy atom. The van der Waals surface area contributed by atoms with E-state index >= 15 is 0 Å². The lowest BCUT2D eigenvalue weighted by Gasteiger charge is -2.18. The van der Waals surface area contributed by atoms with Gasteiger partial charge in [0.05, 0.1) is 6.54 Å². The molecule has 0 saturated heterocycles. The van der Waals surface area contributed by atoms with Crippen molar-refractivity contribution < 1.29 is 0 Å². The summed E-state index contributed by atoms with van der Waals surface area (Å²) < 4.78 is 1.99. The number of anilines is 1. The van der Waals surface area contributed by atoms with E-state index in [0.717, 1.165) is 50.7 Å². The minimum Gasteiger partial charge on any atom is -0.362 e. The average Bonchev–Trinajstić information content (AvgIpc) is 2.95. The summed E-state index contributed by atoms with van der Waals surface area (Å²) in [6.07, 6.45) is 1.07. The third-order valence-electron chi connectivity index (χ3n) is 4.23. The molecule has 25 heavy (non-hydrogen) atoms. The molecule has 0 fully saturated rings. The molecule has 136 valence electrons. The lowest BCUT2D eigenvalue weighted by atomic mass is 10.2. The summed E-state index contributed by atoms with van der Waals surface area (Å²) in [5, 5.41) is 11.7. The second-order valence-corrected chi connectivity index (χ2v) is 6.48. The zero-order chi connectivity index (χ0) is 18.1. The largest absolute Gasteiger partial charge is 0.362 e. The van der Waals surface area contributed by atoms with E-state index in [-0.39, 0.29) is 0 Å². The van der Waals surface area contributed by atoms with Crippen LogP contribution in [0.15, 0.2) is 36.4 Å². The van der Waals surface area contributed by atoms with Gasteiger partial charge in [-0.3, -0.25) is 4.68 Å². The number of rotatable bonds is 9. The second-order valence-electron chi connectivity index (χ2n) is 6.08. The van der Waals surface area contributed by atoms with Crippen molar-refractivity contribution in [3.63, 3.8) is 0 Å². The Morgan fingerprint density at radius 3 is 2.60 bits per heavy atom. The van der Waals surface area contributed by atoms with Crippen LogP contribution in [-0.2, 0) is 6.54 Å². The molecule has 0 aliphatic carbocycles. The van der Waals surface area contributed by atoms with Crippen LogP contribution in [0.5, 0.6) is 0 Å². The molecule has 0 amide bonds. The molecule has 5 nitrogen and oxygen atoms in total. The molecule has 1 aromatic heterocycles. The highest BCUT2D eigenvalue weighted by atomic mass is 32.1. The van der Waals surface area contributed by atoms with Crippen LogP contribution in [0.3, 0.4) is 0 Å². The van der Waals surface area contributed by atoms with Crippen LogP contribution in [-0.4, -0.2) is 46.0 Å². The van der Waals surface area contributed by atoms with Gasteiger partial charge in [-0.15, -0.1) is 0 Å². The fraction of sp³-hybridized carbons (Fsp3) is 0.474. The van der Waals surface area contributed by atoms with Crippen LogP contribution in [0.2, 0.25) is 0 Å². The van der Waals surface area contributed by atoms with Crippen LogP contribution in [0.1, 0.15) is 31.5 Å². The van der Waals surface area contributed by atoms with Crippen molar-refractivity contribution in [1.82, 2.24) is 20.0 Å². The number of benzene rings is 1. The predicted molar refractivity (Wildman–Crippen MR) is 109 cm³/mol. The van der Waals surface area contributed by atoms with E-state index in [1.165, 1.54) is 5.56 Å². The lowest BCUT2D eigenvalue weighted by Crippen LogP contribution is -2.32. The lowest BCUT2D eigenvalue weighted by molar-refractivity contribution is 0.300. The van der Waals surface area contributed by atoms with E-state index in [9.17, 15) is 0 Å². The molecule has 2 aromatic rings. The normalized spacial score (nSPS) is 10.9. The Balaban J connectivity index is 1.78. The molecule has 2 N–H and O–H groups in total. The molecular weight excluding hydrogens is 330 g/mol. The highest BCUT2D eigenvalue weighted by molar-refractivity contribution is 7.80. The van der Waals surface area contributed by atoms with Gasteiger partial charge in [0, 0.05) is 18.3 Å². The molecule has 0 atom stereocenters. The first-order valence-corrected chi connectivity index (χ1v) is 9.38. The summed E-state index contributed by atoms with van der Waals surface area (Å²) >= 11 is 5.37. The standard InChI is InChI=1S/C19H29N5S/c1-4-23(5-2)13-9-12-20-19(25)21-18-14-16(3)24(22-18)15-17-10-7-6-8-11-17/h6-8,10-11,14H,4-5,9,12-13,15H2,1-3H3,(H2,20,21,22,25). The zero-order valence-electron chi connectivity index (χ0n) is 15.5. The van der Waals surface area contributed by atoms with Gasteiger partial charge < -0.3 is 15.5 Å². The molecular formula is C19H29N5S. The fourth-order valence-corrected chi connectivity index (χ4v) is 2.90. The summed E-state index contributed by atoms with van der Waals surface area (Å²) in [7, 11) is 0. The van der Waals surface area contributed by atoms with Crippen molar-refractivity contribution in [3.8, 4) is 0 Å². The quantitative estimate of drug-likeness (QED) is 0.531. The highest BCUT2D eigenvalue weighted by Crippen LogP contribution is 2.11. The molecule has 1 aromatic carbocycles. The van der Waals surface area contributed by atoms with Crippen molar-refractivity contribution >= 4 is 23.1 Å². The topological polar surface area (TPSA) is 45.1 Å². The first-order chi connectivity index (χ1) is 12.1. The van der Waals surface area contributed by atoms with Gasteiger partial charge in [-0.1, -0.05) is 44.2 Å². The summed E-state index contributed by atoms with van der Waals surface area (Å²) in [6, 6.07) is 12.4. The molecule has 0 unspecified atom stereocenters. The van der Waals surface area contributed by atoms with Crippen molar-refractivity contribution in [1.29, 1.82) is 0 Å². The maximum atomic E-state index is 5.37. The molecule has 0 bridgehead atoms. The highest BCUT2D eigenvalue weighted by Gasteiger charge is 2.06. The van der Waals surface area contributed by atoms with Gasteiger partial charge in [-0.2, -0.15) is 5.10 Å². The molecule has 0 radical (unpaired) electrons. The Kier molecular flexibility index (Phi) is 7.88. The van der Waals surface area contributed by atoms with E-state index in [1.807, 2.05) is 28.9 Å². The Morgan fingerprint density at radius 1 is 1.20 bits per heavy atom. The minimum absolute atomic E-state index is 0.629. The number of hydrogen-bond acceptors (Lipinski definition) is 3. The zero-order valence-corrected chi connectivity index (χ0v) is 16.3. The molecule has 1 heterocycles. The smallest absolute Gasteiger partial charge is 0.171 e. The number of nitrogens with zero attached hydrogens (tertiary/aromatic N) is 3. The average molecular weight is 360 g/mol. The molecule has 0 spiro atoms. The molecule has 0 aliphatic heterocycles. The summed E-state index contributed by atoms with van der Waals surface area (Å²) in [5.41, 5.74) is 2.34. The molecule has 0 aliphatic rings. The van der Waals surface area contributed by atoms with Gasteiger partial charge in [0.1, 0.15) is 0 Å². The summed E-state index contributed by atoms with van der Waals surface area (Å²) in [4.78, 5) is 2.41. The third kappa shape index (κ3) is 6.48. The molecule has 0 saturated carbocycles. The fourth-order valence-electron chi connectivity index (χ4n) is 2.69. The van der Waals surface area contributed by atoms with Gasteiger partial charge in [-0.25, -0.2) is 0 Å². The van der Waals surface area contributed by atoms with Gasteiger partial charge in [-0.05, 0) is 50.8 Å². The summed E-state index contributed by atoms with van der Waals surface area (Å²) in [5.74, 6) is 0.787. The van der Waals surface area contributed by atoms with Gasteiger partial charge in [0.15, 0.2) is 10.9 Å². The van der Waals surface area contributed by atoms with Crippen molar-refractivity contribution in [3.05, 3.63) is 47.7 Å². The minimum atomic E-state index is 0.629. The van der Waals surface area contributed by atoms with Crippen molar-refractivity contribution in [2.24, 2.45) is 0 Å². The Bertz CT molecular complexity index is 649. The van der Waals surface area contributed by atoms with E-state index in [0.29, 0.717) is 5.11 Å². The third-order valence-corrected chi connectivity index (χ3v) is 4.48. The van der Waals surface area contributed by atoms with E-state index < -0.39 is 0 Å². The van der Waals surface area contributed by atoms with Crippen LogP contribution >= 0.6 is 12.2 Å². The molecule has 2 rings (SSSR count). The van der Waals surface area contributed by atoms with E-state index in [1.54, 1.807) is 0 Å². The number of hydrogen-bond donors (Lipinski definition) is 2. The summed E-state index contributed by atoms with van der Waals surface area (Å²) in [6.45, 7) is 11.3. The Hall–Kier alpha value is -1.92. The monoisotopic (exact) mass is 359 g/mol. The number of nitrogens with one attached hydrogen (secondary N) is 2. The van der Waals surface area contributed by atoms with E-state index in [2.05, 4.69) is 53.5 Å². The molecule has 6 heteroatoms. The predicted octanol–water partition coefficient (Wildman–Crippen LogP) is 3.26. The first-order valence-electron chi connectivity index (χ1n) is 8.98. The maximum Gasteiger partial charge on any atom is 0.171 e. The Labute approximate surface area is 156 Å². The SMILES string of the molecule is CCN(CC)CCCNC(=S)Nc1cc(C)n(Cc2ccccc2)n1. The number of aryl methyl sites for hydroxylation is 1. The second kappa shape index (κ2) is 10.2. The first kappa shape index (κ1) is 19.4. The van der Waals surface area contributed by atoms with Crippen LogP contribution in [0.4, 0.5) is 5.82 Å². The van der Waals surface area contributed by atoms with E-state index in [4.69, 9.17) is 12.2 Å². The van der Waals surface area contributed by atoms with Crippen LogP contribution in [0, 0.1) is 6.92 Å². The van der Waals surface area contributed by atoms with Crippen LogP contribution in [0.25, 0.3) is 0 Å². The van der Waals surface area contributed by atoms with Crippen molar-refractivity contribution in [2.45, 2.75) is 33.7 Å². The van der Waals surface area contributed by atoms with Crippen LogP contribution < -0.4 is 10.6 Å². The number of aromatic nitrogens is 2. The van der Waals surface area contributed by atoms with Crippen molar-refractivity contribution in [2.75, 3.05) is 31.5 Å². The van der Waals surface area contributed by atoms with Gasteiger partial charge in [0.2, 0.25) is 0 Å². The van der Waals surface area contributed by atoms with Gasteiger partial charge in [0.25, 0.3) is 0 Å². The van der Waals surface area contributed by atoms with Gasteiger partial charge >= 0.3 is 0 Å². The maximum absolute atomic E-state index is 5.37.